The number of amides is 1. The van der Waals surface area contributed by atoms with Crippen LogP contribution in [0.3, 0.4) is 0 Å². The van der Waals surface area contributed by atoms with Gasteiger partial charge < -0.3 is 4.90 Å². The third-order valence-electron chi connectivity index (χ3n) is 5.61. The number of fused-ring (bicyclic) bond motifs is 1. The number of carbonyl (C=O) groups is 1. The van der Waals surface area contributed by atoms with Gasteiger partial charge in [0.2, 0.25) is 0 Å². The van der Waals surface area contributed by atoms with E-state index in [0.29, 0.717) is 17.7 Å². The zero-order valence-corrected chi connectivity index (χ0v) is 17.7. The second-order valence-electron chi connectivity index (χ2n) is 7.79. The van der Waals surface area contributed by atoms with E-state index in [9.17, 15) is 9.18 Å². The summed E-state index contributed by atoms with van der Waals surface area (Å²) in [4.78, 5) is 15.1. The molecule has 3 aromatic carbocycles. The number of halogens is 2. The minimum absolute atomic E-state index is 0.122. The molecule has 2 nitrogen and oxygen atoms in total. The number of hydrogen-bond donors (Lipinski definition) is 0. The SMILES string of the molecule is CC1=C(c2ccccc2F)C(=O)N(C(C)(C)c2ccc3cc(Br)ccc3c2)C1. The molecule has 4 heteroatoms. The quantitative estimate of drug-likeness (QED) is 0.471. The van der Waals surface area contributed by atoms with Gasteiger partial charge in [0.15, 0.2) is 0 Å². The molecular formula is C24H21BrFNO. The molecule has 0 saturated heterocycles. The van der Waals surface area contributed by atoms with E-state index >= 15 is 0 Å². The second-order valence-corrected chi connectivity index (χ2v) is 8.71. The van der Waals surface area contributed by atoms with Crippen molar-refractivity contribution in [3.05, 3.63) is 87.7 Å². The number of carbonyl (C=O) groups excluding carboxylic acids is 1. The molecule has 1 amide bonds. The van der Waals surface area contributed by atoms with Gasteiger partial charge in [-0.1, -0.05) is 52.3 Å². The molecule has 28 heavy (non-hydrogen) atoms. The zero-order valence-electron chi connectivity index (χ0n) is 16.1. The maximum atomic E-state index is 14.3. The lowest BCUT2D eigenvalue weighted by molar-refractivity contribution is -0.128. The van der Waals surface area contributed by atoms with Crippen LogP contribution in [-0.2, 0) is 10.3 Å². The van der Waals surface area contributed by atoms with Crippen molar-refractivity contribution in [2.45, 2.75) is 26.3 Å². The first-order valence-corrected chi connectivity index (χ1v) is 10.0. The molecule has 4 rings (SSSR count). The molecule has 0 fully saturated rings. The smallest absolute Gasteiger partial charge is 0.255 e. The highest BCUT2D eigenvalue weighted by molar-refractivity contribution is 9.10. The number of hydrogen-bond acceptors (Lipinski definition) is 1. The maximum absolute atomic E-state index is 14.3. The molecule has 1 aliphatic rings. The fourth-order valence-corrected chi connectivity index (χ4v) is 4.30. The molecule has 0 aliphatic carbocycles. The minimum atomic E-state index is -0.521. The molecule has 0 spiro atoms. The Balaban J connectivity index is 1.72. The Morgan fingerprint density at radius 1 is 1.00 bits per heavy atom. The highest BCUT2D eigenvalue weighted by Crippen LogP contribution is 2.38. The van der Waals surface area contributed by atoms with Crippen LogP contribution in [0.4, 0.5) is 4.39 Å². The summed E-state index contributed by atoms with van der Waals surface area (Å²) in [6, 6.07) is 18.9. The van der Waals surface area contributed by atoms with Crippen molar-refractivity contribution >= 4 is 38.2 Å². The van der Waals surface area contributed by atoms with Crippen molar-refractivity contribution in [2.75, 3.05) is 6.54 Å². The van der Waals surface area contributed by atoms with Crippen LogP contribution in [-0.4, -0.2) is 17.4 Å². The Labute approximate surface area is 172 Å². The first-order valence-electron chi connectivity index (χ1n) is 9.25. The van der Waals surface area contributed by atoms with E-state index in [1.54, 1.807) is 18.2 Å². The van der Waals surface area contributed by atoms with Crippen LogP contribution in [0.25, 0.3) is 16.3 Å². The zero-order chi connectivity index (χ0) is 20.1. The molecule has 0 bridgehead atoms. The summed E-state index contributed by atoms with van der Waals surface area (Å²) in [5.41, 5.74) is 2.29. The van der Waals surface area contributed by atoms with Gasteiger partial charge in [0.25, 0.3) is 5.91 Å². The van der Waals surface area contributed by atoms with Crippen molar-refractivity contribution in [1.82, 2.24) is 4.90 Å². The van der Waals surface area contributed by atoms with Gasteiger partial charge >= 0.3 is 0 Å². The van der Waals surface area contributed by atoms with E-state index in [1.165, 1.54) is 6.07 Å². The van der Waals surface area contributed by atoms with Gasteiger partial charge in [-0.2, -0.15) is 0 Å². The molecular weight excluding hydrogens is 417 g/mol. The van der Waals surface area contributed by atoms with Crippen LogP contribution in [0.5, 0.6) is 0 Å². The average Bonchev–Trinajstić information content (AvgIpc) is 2.96. The lowest BCUT2D eigenvalue weighted by Crippen LogP contribution is -2.43. The summed E-state index contributed by atoms with van der Waals surface area (Å²) in [5.74, 6) is -0.482. The van der Waals surface area contributed by atoms with E-state index in [1.807, 2.05) is 31.7 Å². The van der Waals surface area contributed by atoms with Crippen molar-refractivity contribution in [2.24, 2.45) is 0 Å². The lowest BCUT2D eigenvalue weighted by Gasteiger charge is -2.37. The summed E-state index contributed by atoms with van der Waals surface area (Å²) < 4.78 is 15.4. The van der Waals surface area contributed by atoms with Crippen LogP contribution in [0, 0.1) is 5.82 Å². The fraction of sp³-hybridized carbons (Fsp3) is 0.208. The van der Waals surface area contributed by atoms with E-state index < -0.39 is 5.54 Å². The Morgan fingerprint density at radius 3 is 2.43 bits per heavy atom. The van der Waals surface area contributed by atoms with Gasteiger partial charge in [-0.25, -0.2) is 4.39 Å². The Hall–Kier alpha value is -2.46. The Kier molecular flexibility index (Phi) is 4.62. The van der Waals surface area contributed by atoms with Crippen LogP contribution in [0.2, 0.25) is 0 Å². The third kappa shape index (κ3) is 3.06. The van der Waals surface area contributed by atoms with Crippen molar-refractivity contribution in [1.29, 1.82) is 0 Å². The maximum Gasteiger partial charge on any atom is 0.255 e. The largest absolute Gasteiger partial charge is 0.325 e. The number of nitrogens with zero attached hydrogens (tertiary/aromatic N) is 1. The fourth-order valence-electron chi connectivity index (χ4n) is 3.92. The highest BCUT2D eigenvalue weighted by atomic mass is 79.9. The lowest BCUT2D eigenvalue weighted by atomic mass is 9.90. The Bertz CT molecular complexity index is 1130. The summed E-state index contributed by atoms with van der Waals surface area (Å²) in [5, 5.41) is 2.27. The number of benzene rings is 3. The molecule has 0 atom stereocenters. The van der Waals surface area contributed by atoms with Crippen molar-refractivity contribution < 1.29 is 9.18 Å². The summed E-state index contributed by atoms with van der Waals surface area (Å²) >= 11 is 3.50. The van der Waals surface area contributed by atoms with Gasteiger partial charge in [-0.05, 0) is 66.9 Å². The molecule has 3 aromatic rings. The standard InChI is InChI=1S/C24H21BrFNO/c1-15-14-27(23(28)22(15)20-6-4-5-7-21(20)26)24(2,3)18-10-8-17-13-19(25)11-9-16(17)12-18/h4-13H,14H2,1-3H3. The molecule has 0 radical (unpaired) electrons. The second kappa shape index (κ2) is 6.85. The normalized spacial score (nSPS) is 15.0. The molecule has 0 N–H and O–H groups in total. The molecule has 0 aromatic heterocycles. The summed E-state index contributed by atoms with van der Waals surface area (Å²) in [6.07, 6.45) is 0. The van der Waals surface area contributed by atoms with Gasteiger partial charge in [0.05, 0.1) is 11.1 Å². The monoisotopic (exact) mass is 437 g/mol. The van der Waals surface area contributed by atoms with Gasteiger partial charge in [0.1, 0.15) is 5.82 Å². The molecule has 1 aliphatic heterocycles. The summed E-state index contributed by atoms with van der Waals surface area (Å²) in [6.45, 7) is 6.49. The van der Waals surface area contributed by atoms with Crippen molar-refractivity contribution in [3.63, 3.8) is 0 Å². The average molecular weight is 438 g/mol. The Morgan fingerprint density at radius 2 is 1.68 bits per heavy atom. The van der Waals surface area contributed by atoms with E-state index in [4.69, 9.17) is 0 Å². The van der Waals surface area contributed by atoms with Crippen LogP contribution in [0.1, 0.15) is 31.9 Å². The van der Waals surface area contributed by atoms with Crippen LogP contribution >= 0.6 is 15.9 Å². The first kappa shape index (κ1) is 18.9. The predicted octanol–water partition coefficient (Wildman–Crippen LogP) is 6.29. The molecule has 0 saturated carbocycles. The molecule has 1 heterocycles. The highest BCUT2D eigenvalue weighted by Gasteiger charge is 2.40. The predicted molar refractivity (Wildman–Crippen MR) is 115 cm³/mol. The molecule has 142 valence electrons. The van der Waals surface area contributed by atoms with Crippen LogP contribution < -0.4 is 0 Å². The van der Waals surface area contributed by atoms with Gasteiger partial charge in [-0.15, -0.1) is 0 Å². The van der Waals surface area contributed by atoms with E-state index in [2.05, 4.69) is 46.3 Å². The minimum Gasteiger partial charge on any atom is -0.325 e. The van der Waals surface area contributed by atoms with E-state index in [-0.39, 0.29) is 11.7 Å². The number of rotatable bonds is 3. The first-order chi connectivity index (χ1) is 13.3. The topological polar surface area (TPSA) is 20.3 Å². The van der Waals surface area contributed by atoms with Gasteiger partial charge in [0, 0.05) is 16.6 Å². The summed E-state index contributed by atoms with van der Waals surface area (Å²) in [7, 11) is 0. The van der Waals surface area contributed by atoms with Crippen molar-refractivity contribution in [3.8, 4) is 0 Å². The van der Waals surface area contributed by atoms with Crippen LogP contribution in [0.15, 0.2) is 70.7 Å². The molecule has 0 unspecified atom stereocenters. The third-order valence-corrected chi connectivity index (χ3v) is 6.10. The van der Waals surface area contributed by atoms with Gasteiger partial charge in [-0.3, -0.25) is 4.79 Å². The van der Waals surface area contributed by atoms with E-state index in [0.717, 1.165) is 26.4 Å².